The maximum Gasteiger partial charge on any atom is 0.443 e. The summed E-state index contributed by atoms with van der Waals surface area (Å²) in [5.41, 5.74) is 5.72. The topological polar surface area (TPSA) is 48.1 Å². The second-order valence-electron chi connectivity index (χ2n) is 4.43. The van der Waals surface area contributed by atoms with Crippen LogP contribution in [0.5, 0.6) is 5.75 Å². The van der Waals surface area contributed by atoms with Gasteiger partial charge in [-0.3, -0.25) is 0 Å². The van der Waals surface area contributed by atoms with E-state index in [1.165, 1.54) is 13.3 Å². The number of aromatic nitrogens is 1. The third kappa shape index (κ3) is 2.64. The third-order valence-electron chi connectivity index (χ3n) is 2.93. The maximum absolute atomic E-state index is 12.6. The number of rotatable bonds is 3. The minimum absolute atomic E-state index is 0.328. The summed E-state index contributed by atoms with van der Waals surface area (Å²) in [5, 5.41) is -0.904. The molecule has 0 amide bonds. The summed E-state index contributed by atoms with van der Waals surface area (Å²) in [6.45, 7) is 1.64. The van der Waals surface area contributed by atoms with Gasteiger partial charge in [-0.15, -0.1) is 11.3 Å². The number of nitrogens with zero attached hydrogens (tertiary/aromatic N) is 1. The summed E-state index contributed by atoms with van der Waals surface area (Å²) >= 11 is 0.544. The molecule has 0 aliphatic carbocycles. The lowest BCUT2D eigenvalue weighted by atomic mass is 9.91. The van der Waals surface area contributed by atoms with Crippen molar-refractivity contribution in [2.45, 2.75) is 18.6 Å². The molecular formula is C13H13F3N2OS. The molecule has 0 aliphatic rings. The van der Waals surface area contributed by atoms with Crippen molar-refractivity contribution < 1.29 is 17.9 Å². The van der Waals surface area contributed by atoms with Crippen LogP contribution in [0.1, 0.15) is 22.4 Å². The van der Waals surface area contributed by atoms with Gasteiger partial charge >= 0.3 is 6.18 Å². The zero-order valence-corrected chi connectivity index (χ0v) is 11.7. The number of thiazole rings is 1. The summed E-state index contributed by atoms with van der Waals surface area (Å²) < 4.78 is 43.1. The maximum atomic E-state index is 12.6. The number of ether oxygens (including phenoxy) is 1. The second-order valence-corrected chi connectivity index (χ2v) is 5.46. The molecule has 1 heterocycles. The normalized spacial score (nSPS) is 14.9. The van der Waals surface area contributed by atoms with E-state index in [1.54, 1.807) is 31.2 Å². The molecule has 1 unspecified atom stereocenters. The average Bonchev–Trinajstić information content (AvgIpc) is 2.88. The molecule has 0 bridgehead atoms. The highest BCUT2D eigenvalue weighted by Crippen LogP contribution is 2.39. The summed E-state index contributed by atoms with van der Waals surface area (Å²) in [7, 11) is 1.49. The first-order chi connectivity index (χ1) is 9.26. The van der Waals surface area contributed by atoms with Gasteiger partial charge in [0.25, 0.3) is 0 Å². The standard InChI is InChI=1S/C13H13F3N2OS/c1-12(17,8-5-3-4-6-9(8)19-2)10-7-18-11(20-10)13(14,15)16/h3-7H,17H2,1-2H3. The van der Waals surface area contributed by atoms with Crippen LogP contribution in [0.4, 0.5) is 13.2 Å². The lowest BCUT2D eigenvalue weighted by molar-refractivity contribution is -0.137. The Kier molecular flexibility index (Phi) is 3.75. The predicted molar refractivity (Wildman–Crippen MR) is 70.8 cm³/mol. The fraction of sp³-hybridized carbons (Fsp3) is 0.308. The van der Waals surface area contributed by atoms with E-state index in [0.717, 1.165) is 0 Å². The minimum Gasteiger partial charge on any atom is -0.496 e. The van der Waals surface area contributed by atoms with Gasteiger partial charge in [0.05, 0.1) is 12.6 Å². The molecule has 0 spiro atoms. The van der Waals surface area contributed by atoms with E-state index < -0.39 is 16.7 Å². The van der Waals surface area contributed by atoms with Gasteiger partial charge in [0.2, 0.25) is 0 Å². The van der Waals surface area contributed by atoms with Crippen molar-refractivity contribution >= 4 is 11.3 Å². The van der Waals surface area contributed by atoms with Crippen LogP contribution in [0.3, 0.4) is 0 Å². The smallest absolute Gasteiger partial charge is 0.443 e. The van der Waals surface area contributed by atoms with E-state index in [0.29, 0.717) is 27.5 Å². The van der Waals surface area contributed by atoms with E-state index in [9.17, 15) is 13.2 Å². The van der Waals surface area contributed by atoms with E-state index in [1.807, 2.05) is 0 Å². The number of halogens is 3. The SMILES string of the molecule is COc1ccccc1C(C)(N)c1cnc(C(F)(F)F)s1. The molecule has 0 aliphatic heterocycles. The summed E-state index contributed by atoms with van der Waals surface area (Å²) in [6, 6.07) is 6.97. The first-order valence-electron chi connectivity index (χ1n) is 5.72. The van der Waals surface area contributed by atoms with Crippen molar-refractivity contribution in [3.8, 4) is 5.75 Å². The number of methoxy groups -OCH3 is 1. The lowest BCUT2D eigenvalue weighted by Crippen LogP contribution is -2.33. The summed E-state index contributed by atoms with van der Waals surface area (Å²) in [6.07, 6.45) is -3.29. The Labute approximate surface area is 118 Å². The van der Waals surface area contributed by atoms with E-state index in [2.05, 4.69) is 4.98 Å². The van der Waals surface area contributed by atoms with Crippen molar-refractivity contribution in [2.75, 3.05) is 7.11 Å². The molecule has 1 aromatic carbocycles. The van der Waals surface area contributed by atoms with Crippen LogP contribution in [-0.4, -0.2) is 12.1 Å². The molecule has 7 heteroatoms. The van der Waals surface area contributed by atoms with Crippen LogP contribution < -0.4 is 10.5 Å². The number of nitrogens with two attached hydrogens (primary N) is 1. The van der Waals surface area contributed by atoms with Gasteiger partial charge in [0, 0.05) is 16.6 Å². The van der Waals surface area contributed by atoms with Crippen molar-refractivity contribution in [3.05, 3.63) is 45.9 Å². The second kappa shape index (κ2) is 5.06. The molecule has 108 valence electrons. The Balaban J connectivity index is 2.47. The molecule has 1 aromatic heterocycles. The van der Waals surface area contributed by atoms with E-state index in [4.69, 9.17) is 10.5 Å². The lowest BCUT2D eigenvalue weighted by Gasteiger charge is -2.25. The number of alkyl halides is 3. The van der Waals surface area contributed by atoms with Gasteiger partial charge in [0.1, 0.15) is 5.75 Å². The molecule has 0 fully saturated rings. The van der Waals surface area contributed by atoms with Crippen molar-refractivity contribution in [1.82, 2.24) is 4.98 Å². The molecule has 2 rings (SSSR count). The molecule has 1 atom stereocenters. The van der Waals surface area contributed by atoms with Crippen molar-refractivity contribution in [3.63, 3.8) is 0 Å². The minimum atomic E-state index is -4.46. The van der Waals surface area contributed by atoms with Crippen LogP contribution in [0, 0.1) is 0 Å². The average molecular weight is 302 g/mol. The van der Waals surface area contributed by atoms with Crippen LogP contribution >= 0.6 is 11.3 Å². The van der Waals surface area contributed by atoms with Crippen molar-refractivity contribution in [2.24, 2.45) is 5.73 Å². The Morgan fingerprint density at radius 1 is 1.25 bits per heavy atom. The highest BCUT2D eigenvalue weighted by molar-refractivity contribution is 7.11. The largest absolute Gasteiger partial charge is 0.496 e. The van der Waals surface area contributed by atoms with Gasteiger partial charge < -0.3 is 10.5 Å². The molecule has 2 N–H and O–H groups in total. The number of benzene rings is 1. The third-order valence-corrected chi connectivity index (χ3v) is 4.21. The monoisotopic (exact) mass is 302 g/mol. The number of hydrogen-bond acceptors (Lipinski definition) is 4. The zero-order valence-electron chi connectivity index (χ0n) is 10.9. The van der Waals surface area contributed by atoms with Crippen LogP contribution in [0.2, 0.25) is 0 Å². The molecule has 0 saturated carbocycles. The van der Waals surface area contributed by atoms with Gasteiger partial charge in [0.15, 0.2) is 5.01 Å². The quantitative estimate of drug-likeness (QED) is 0.945. The van der Waals surface area contributed by atoms with E-state index in [-0.39, 0.29) is 0 Å². The Hall–Kier alpha value is -1.60. The van der Waals surface area contributed by atoms with Crippen LogP contribution in [-0.2, 0) is 11.7 Å². The number of hydrogen-bond donors (Lipinski definition) is 1. The fourth-order valence-electron chi connectivity index (χ4n) is 1.85. The van der Waals surface area contributed by atoms with E-state index >= 15 is 0 Å². The number of para-hydroxylation sites is 1. The molecule has 2 aromatic rings. The fourth-order valence-corrected chi connectivity index (χ4v) is 2.71. The first-order valence-corrected chi connectivity index (χ1v) is 6.54. The van der Waals surface area contributed by atoms with Crippen LogP contribution in [0.15, 0.2) is 30.5 Å². The Morgan fingerprint density at radius 2 is 1.90 bits per heavy atom. The highest BCUT2D eigenvalue weighted by atomic mass is 32.1. The Bertz CT molecular complexity index is 608. The molecule has 0 radical (unpaired) electrons. The predicted octanol–water partition coefficient (Wildman–Crippen LogP) is 3.39. The van der Waals surface area contributed by atoms with Crippen LogP contribution in [0.25, 0.3) is 0 Å². The molecule has 3 nitrogen and oxygen atoms in total. The van der Waals surface area contributed by atoms with Crippen molar-refractivity contribution in [1.29, 1.82) is 0 Å². The first kappa shape index (κ1) is 14.8. The van der Waals surface area contributed by atoms with Gasteiger partial charge in [-0.25, -0.2) is 4.98 Å². The Morgan fingerprint density at radius 3 is 2.45 bits per heavy atom. The highest BCUT2D eigenvalue weighted by Gasteiger charge is 2.37. The zero-order chi connectivity index (χ0) is 15.0. The summed E-state index contributed by atoms with van der Waals surface area (Å²) in [4.78, 5) is 3.74. The van der Waals surface area contributed by atoms with Gasteiger partial charge in [-0.2, -0.15) is 13.2 Å². The van der Waals surface area contributed by atoms with Gasteiger partial charge in [-0.1, -0.05) is 18.2 Å². The molecular weight excluding hydrogens is 289 g/mol. The van der Waals surface area contributed by atoms with Gasteiger partial charge in [-0.05, 0) is 13.0 Å². The molecule has 0 saturated heterocycles. The molecule has 20 heavy (non-hydrogen) atoms. The summed E-state index contributed by atoms with van der Waals surface area (Å²) in [5.74, 6) is 0.527.